The Morgan fingerprint density at radius 2 is 0.571 bits per heavy atom. The normalized spacial score (nSPS) is 0.571. The third-order valence-corrected chi connectivity index (χ3v) is 0. The predicted octanol–water partition coefficient (Wildman–Crippen LogP) is -0.819. The molecule has 7 heavy (non-hydrogen) atoms. The van der Waals surface area contributed by atoms with Crippen LogP contribution in [0, 0.1) is 0 Å². The van der Waals surface area contributed by atoms with Gasteiger partial charge in [-0.1, -0.05) is 0 Å². The third-order valence-electron chi connectivity index (χ3n) is 0. The van der Waals surface area contributed by atoms with Gasteiger partial charge in [-0.3, -0.25) is 0 Å². The maximum absolute atomic E-state index is 3.00. The van der Waals surface area contributed by atoms with E-state index in [0.29, 0.717) is 0 Å². The monoisotopic (exact) mass is 134 g/mol. The average Bonchev–Trinajstić information content (AvgIpc) is 1.00. The maximum atomic E-state index is 3.00. The first-order valence-corrected chi connectivity index (χ1v) is 0.500. The SMILES string of the molecule is C=C.N.N.[NaH].[NaH].[NaH]. The zero-order chi connectivity index (χ0) is 2.00. The Hall–Kier alpha value is 2.66. The van der Waals surface area contributed by atoms with Crippen molar-refractivity contribution in [3.8, 4) is 0 Å². The summed E-state index contributed by atoms with van der Waals surface area (Å²) in [7, 11) is 0. The molecule has 0 aromatic carbocycles. The van der Waals surface area contributed by atoms with Gasteiger partial charge in [0.25, 0.3) is 0 Å². The van der Waals surface area contributed by atoms with Gasteiger partial charge in [-0.25, -0.2) is 0 Å². The van der Waals surface area contributed by atoms with Crippen molar-refractivity contribution in [1.29, 1.82) is 0 Å². The topological polar surface area (TPSA) is 70.0 Å². The van der Waals surface area contributed by atoms with Gasteiger partial charge in [0.2, 0.25) is 0 Å². The van der Waals surface area contributed by atoms with E-state index in [1.54, 1.807) is 0 Å². The van der Waals surface area contributed by atoms with E-state index in [1.165, 1.54) is 0 Å². The van der Waals surface area contributed by atoms with Crippen LogP contribution < -0.4 is 12.3 Å². The minimum atomic E-state index is 0. The first-order valence-electron chi connectivity index (χ1n) is 0.500. The Morgan fingerprint density at radius 1 is 0.571 bits per heavy atom. The van der Waals surface area contributed by atoms with Crippen LogP contribution in [0.2, 0.25) is 0 Å². The van der Waals surface area contributed by atoms with Crippen LogP contribution in [-0.4, -0.2) is 88.7 Å². The zero-order valence-electron chi connectivity index (χ0n) is 2.83. The van der Waals surface area contributed by atoms with Crippen molar-refractivity contribution in [1.82, 2.24) is 12.3 Å². The summed E-state index contributed by atoms with van der Waals surface area (Å²) in [6.07, 6.45) is 0. The fraction of sp³-hybridized carbons (Fsp3) is 0. The average molecular weight is 134 g/mol. The summed E-state index contributed by atoms with van der Waals surface area (Å²) in [6, 6.07) is 0. The minimum absolute atomic E-state index is 0. The molecule has 0 saturated carbocycles. The van der Waals surface area contributed by atoms with E-state index in [2.05, 4.69) is 13.2 Å². The molecule has 0 aliphatic heterocycles. The molecule has 0 aromatic heterocycles. The van der Waals surface area contributed by atoms with Gasteiger partial charge in [0.1, 0.15) is 0 Å². The summed E-state index contributed by atoms with van der Waals surface area (Å²) in [4.78, 5) is 0. The predicted molar refractivity (Wildman–Crippen MR) is 42.7 cm³/mol. The van der Waals surface area contributed by atoms with E-state index in [-0.39, 0.29) is 101 Å². The summed E-state index contributed by atoms with van der Waals surface area (Å²) in [5.74, 6) is 0. The molecular weight excluding hydrogens is 121 g/mol. The molecule has 0 saturated heterocycles. The summed E-state index contributed by atoms with van der Waals surface area (Å²) in [5.41, 5.74) is 0. The van der Waals surface area contributed by atoms with Crippen LogP contribution >= 0.6 is 0 Å². The molecule has 0 aromatic rings. The van der Waals surface area contributed by atoms with Crippen LogP contribution in [0.4, 0.5) is 0 Å². The van der Waals surface area contributed by atoms with Crippen LogP contribution in [0.15, 0.2) is 13.2 Å². The second-order valence-corrected chi connectivity index (χ2v) is 0. The fourth-order valence-electron chi connectivity index (χ4n) is 0. The van der Waals surface area contributed by atoms with Crippen molar-refractivity contribution in [3.05, 3.63) is 13.2 Å². The van der Waals surface area contributed by atoms with E-state index in [4.69, 9.17) is 0 Å². The van der Waals surface area contributed by atoms with Gasteiger partial charge in [-0.15, -0.1) is 13.2 Å². The molecule has 0 unspecified atom stereocenters. The van der Waals surface area contributed by atoms with Gasteiger partial charge in [0.05, 0.1) is 0 Å². The van der Waals surface area contributed by atoms with Crippen LogP contribution in [0.5, 0.6) is 0 Å². The van der Waals surface area contributed by atoms with E-state index in [0.717, 1.165) is 0 Å². The first-order chi connectivity index (χ1) is 1.00. The van der Waals surface area contributed by atoms with Crippen molar-refractivity contribution in [2.45, 2.75) is 0 Å². The van der Waals surface area contributed by atoms with Crippen LogP contribution in [0.3, 0.4) is 0 Å². The summed E-state index contributed by atoms with van der Waals surface area (Å²) >= 11 is 0. The molecule has 2 nitrogen and oxygen atoms in total. The number of hydrogen-bond acceptors (Lipinski definition) is 2. The molecule has 0 atom stereocenters. The van der Waals surface area contributed by atoms with Crippen molar-refractivity contribution in [2.24, 2.45) is 0 Å². The molecule has 5 heteroatoms. The molecule has 0 radical (unpaired) electrons. The van der Waals surface area contributed by atoms with Crippen LogP contribution in [0.1, 0.15) is 0 Å². The Kier molecular flexibility index (Phi) is 555. The van der Waals surface area contributed by atoms with E-state index in [9.17, 15) is 0 Å². The molecular formula is C2H13N2Na3. The quantitative estimate of drug-likeness (QED) is 0.335. The van der Waals surface area contributed by atoms with E-state index < -0.39 is 0 Å². The fourth-order valence-corrected chi connectivity index (χ4v) is 0. The summed E-state index contributed by atoms with van der Waals surface area (Å²) in [6.45, 7) is 6.00. The number of rotatable bonds is 0. The molecule has 0 rings (SSSR count). The molecule has 0 heterocycles. The first kappa shape index (κ1) is 54.1. The molecule has 34 valence electrons. The Morgan fingerprint density at radius 3 is 0.571 bits per heavy atom. The van der Waals surface area contributed by atoms with Crippen molar-refractivity contribution < 1.29 is 0 Å². The third kappa shape index (κ3) is 54.3. The van der Waals surface area contributed by atoms with Gasteiger partial charge in [0.15, 0.2) is 0 Å². The molecule has 0 amide bonds. The van der Waals surface area contributed by atoms with Crippen molar-refractivity contribution >= 4 is 88.7 Å². The van der Waals surface area contributed by atoms with Crippen LogP contribution in [-0.2, 0) is 0 Å². The van der Waals surface area contributed by atoms with Gasteiger partial charge in [-0.05, 0) is 0 Å². The Balaban J connectivity index is -0.000000000500. The molecule has 0 aliphatic carbocycles. The van der Waals surface area contributed by atoms with Gasteiger partial charge >= 0.3 is 88.7 Å². The van der Waals surface area contributed by atoms with Crippen molar-refractivity contribution in [2.75, 3.05) is 0 Å². The van der Waals surface area contributed by atoms with E-state index >= 15 is 0 Å². The molecule has 0 aliphatic rings. The van der Waals surface area contributed by atoms with Crippen LogP contribution in [0.25, 0.3) is 0 Å². The van der Waals surface area contributed by atoms with Gasteiger partial charge < -0.3 is 12.3 Å². The Labute approximate surface area is 112 Å². The Bertz CT molecular complexity index is 10.9. The number of hydrogen-bond donors (Lipinski definition) is 2. The van der Waals surface area contributed by atoms with E-state index in [1.807, 2.05) is 0 Å². The van der Waals surface area contributed by atoms with Gasteiger partial charge in [-0.2, -0.15) is 0 Å². The second kappa shape index (κ2) is 71.8. The second-order valence-electron chi connectivity index (χ2n) is 0. The van der Waals surface area contributed by atoms with Gasteiger partial charge in [0, 0.05) is 0 Å². The summed E-state index contributed by atoms with van der Waals surface area (Å²) < 4.78 is 0. The molecule has 0 spiro atoms. The zero-order valence-corrected chi connectivity index (χ0v) is 2.83. The summed E-state index contributed by atoms with van der Waals surface area (Å²) in [5, 5.41) is 0. The van der Waals surface area contributed by atoms with Crippen molar-refractivity contribution in [3.63, 3.8) is 0 Å². The molecule has 0 bridgehead atoms. The molecule has 0 fully saturated rings. The standard InChI is InChI=1S/C2H4.2H3N.3Na.3H/c1-2;;;;;;;;/h1-2H2;2*1H3;;;;;;. The molecule has 6 N–H and O–H groups in total.